The number of rotatable bonds is 5. The summed E-state index contributed by atoms with van der Waals surface area (Å²) in [6.45, 7) is 3.34. The molecule has 22 heavy (non-hydrogen) atoms. The summed E-state index contributed by atoms with van der Waals surface area (Å²) in [6.07, 6.45) is 0. The summed E-state index contributed by atoms with van der Waals surface area (Å²) in [5, 5.41) is 2.77. The van der Waals surface area contributed by atoms with Gasteiger partial charge in [-0.25, -0.2) is 0 Å². The number of carbonyl (C=O) groups excluding carboxylic acids is 2. The highest BCUT2D eigenvalue weighted by atomic mass is 79.9. The highest BCUT2D eigenvalue weighted by Gasteiger charge is 2.07. The van der Waals surface area contributed by atoms with Crippen LogP contribution in [0.15, 0.2) is 46.9 Å². The Morgan fingerprint density at radius 3 is 2.64 bits per heavy atom. The first-order valence-electron chi connectivity index (χ1n) is 6.75. The van der Waals surface area contributed by atoms with E-state index < -0.39 is 0 Å². The molecular weight excluding hydrogens is 346 g/mol. The molecule has 0 aliphatic heterocycles. The number of ether oxygens (including phenoxy) is 1. The van der Waals surface area contributed by atoms with Gasteiger partial charge in [0.2, 0.25) is 0 Å². The van der Waals surface area contributed by atoms with Gasteiger partial charge in [0.15, 0.2) is 12.4 Å². The first-order chi connectivity index (χ1) is 10.5. The van der Waals surface area contributed by atoms with E-state index in [4.69, 9.17) is 4.74 Å². The van der Waals surface area contributed by atoms with Crippen LogP contribution >= 0.6 is 15.9 Å². The zero-order valence-corrected chi connectivity index (χ0v) is 13.9. The molecule has 0 aromatic heterocycles. The van der Waals surface area contributed by atoms with Crippen molar-refractivity contribution in [1.29, 1.82) is 0 Å². The molecule has 114 valence electrons. The van der Waals surface area contributed by atoms with Crippen LogP contribution in [-0.2, 0) is 4.79 Å². The summed E-state index contributed by atoms with van der Waals surface area (Å²) < 4.78 is 6.23. The van der Waals surface area contributed by atoms with Crippen LogP contribution < -0.4 is 10.1 Å². The number of nitrogens with one attached hydrogen (secondary N) is 1. The average Bonchev–Trinajstić information content (AvgIpc) is 2.48. The lowest BCUT2D eigenvalue weighted by atomic mass is 10.1. The SMILES string of the molecule is CC(=O)c1cccc(OCC(=O)Nc2ccc(C)cc2Br)c1. The van der Waals surface area contributed by atoms with E-state index in [-0.39, 0.29) is 18.3 Å². The normalized spacial score (nSPS) is 10.1. The zero-order chi connectivity index (χ0) is 16.1. The minimum absolute atomic E-state index is 0.0431. The van der Waals surface area contributed by atoms with Gasteiger partial charge in [0, 0.05) is 10.0 Å². The number of Topliss-reactive ketones (excluding diaryl/α,β-unsaturated/α-hetero) is 1. The van der Waals surface area contributed by atoms with E-state index in [1.807, 2.05) is 25.1 Å². The number of carbonyl (C=O) groups is 2. The molecule has 1 amide bonds. The van der Waals surface area contributed by atoms with Crippen molar-refractivity contribution in [3.8, 4) is 5.75 Å². The van der Waals surface area contributed by atoms with Crippen LogP contribution in [-0.4, -0.2) is 18.3 Å². The fourth-order valence-corrected chi connectivity index (χ4v) is 2.45. The van der Waals surface area contributed by atoms with E-state index in [0.717, 1.165) is 10.0 Å². The molecule has 0 aliphatic rings. The third-order valence-electron chi connectivity index (χ3n) is 3.01. The Kier molecular flexibility index (Phi) is 5.33. The molecule has 2 aromatic rings. The maximum absolute atomic E-state index is 11.9. The molecule has 0 aliphatic carbocycles. The van der Waals surface area contributed by atoms with Gasteiger partial charge >= 0.3 is 0 Å². The average molecular weight is 362 g/mol. The van der Waals surface area contributed by atoms with Gasteiger partial charge in [0.25, 0.3) is 5.91 Å². The Labute approximate surface area is 137 Å². The summed E-state index contributed by atoms with van der Waals surface area (Å²) >= 11 is 3.40. The predicted octanol–water partition coefficient (Wildman–Crippen LogP) is 3.98. The van der Waals surface area contributed by atoms with Crippen LogP contribution in [0.25, 0.3) is 0 Å². The fourth-order valence-electron chi connectivity index (χ4n) is 1.86. The van der Waals surface area contributed by atoms with Crippen molar-refractivity contribution >= 4 is 33.3 Å². The molecule has 0 unspecified atom stereocenters. The van der Waals surface area contributed by atoms with Crippen molar-refractivity contribution in [2.75, 3.05) is 11.9 Å². The first-order valence-corrected chi connectivity index (χ1v) is 7.55. The summed E-state index contributed by atoms with van der Waals surface area (Å²) in [4.78, 5) is 23.2. The number of aryl methyl sites for hydroxylation is 1. The Morgan fingerprint density at radius 2 is 1.95 bits per heavy atom. The van der Waals surface area contributed by atoms with Crippen LogP contribution in [0.4, 0.5) is 5.69 Å². The molecule has 5 heteroatoms. The number of benzene rings is 2. The lowest BCUT2D eigenvalue weighted by Crippen LogP contribution is -2.20. The Balaban J connectivity index is 1.95. The molecule has 2 rings (SSSR count). The molecule has 2 aromatic carbocycles. The van der Waals surface area contributed by atoms with Gasteiger partial charge in [-0.3, -0.25) is 9.59 Å². The van der Waals surface area contributed by atoms with Crippen LogP contribution in [0.3, 0.4) is 0 Å². The van der Waals surface area contributed by atoms with Gasteiger partial charge in [0.1, 0.15) is 5.75 Å². The van der Waals surface area contributed by atoms with E-state index in [0.29, 0.717) is 17.0 Å². The van der Waals surface area contributed by atoms with Crippen molar-refractivity contribution in [3.63, 3.8) is 0 Å². The van der Waals surface area contributed by atoms with Crippen molar-refractivity contribution in [2.24, 2.45) is 0 Å². The van der Waals surface area contributed by atoms with Crippen molar-refractivity contribution in [2.45, 2.75) is 13.8 Å². The van der Waals surface area contributed by atoms with Crippen molar-refractivity contribution in [3.05, 3.63) is 58.1 Å². The van der Waals surface area contributed by atoms with E-state index in [1.54, 1.807) is 24.3 Å². The molecule has 4 nitrogen and oxygen atoms in total. The summed E-state index contributed by atoms with van der Waals surface area (Å²) in [5.74, 6) is 0.182. The van der Waals surface area contributed by atoms with Crippen LogP contribution in [0, 0.1) is 6.92 Å². The van der Waals surface area contributed by atoms with Gasteiger partial charge in [-0.1, -0.05) is 18.2 Å². The Bertz CT molecular complexity index is 713. The number of hydrogen-bond donors (Lipinski definition) is 1. The molecule has 0 saturated heterocycles. The second-order valence-corrected chi connectivity index (χ2v) is 5.76. The third kappa shape index (κ3) is 4.43. The maximum Gasteiger partial charge on any atom is 0.262 e. The quantitative estimate of drug-likeness (QED) is 0.819. The number of anilines is 1. The summed E-state index contributed by atoms with van der Waals surface area (Å²) in [5.41, 5.74) is 2.35. The van der Waals surface area contributed by atoms with E-state index in [9.17, 15) is 9.59 Å². The second kappa shape index (κ2) is 7.22. The van der Waals surface area contributed by atoms with E-state index in [1.165, 1.54) is 6.92 Å². The fraction of sp³-hybridized carbons (Fsp3) is 0.176. The smallest absolute Gasteiger partial charge is 0.262 e. The van der Waals surface area contributed by atoms with Gasteiger partial charge < -0.3 is 10.1 Å². The highest BCUT2D eigenvalue weighted by Crippen LogP contribution is 2.23. The first kappa shape index (κ1) is 16.2. The number of amides is 1. The van der Waals surface area contributed by atoms with E-state index >= 15 is 0 Å². The third-order valence-corrected chi connectivity index (χ3v) is 3.67. The van der Waals surface area contributed by atoms with Crippen LogP contribution in [0.2, 0.25) is 0 Å². The Hall–Kier alpha value is -2.14. The highest BCUT2D eigenvalue weighted by molar-refractivity contribution is 9.10. The molecule has 0 radical (unpaired) electrons. The minimum Gasteiger partial charge on any atom is -0.484 e. The summed E-state index contributed by atoms with van der Waals surface area (Å²) in [7, 11) is 0. The molecule has 0 fully saturated rings. The van der Waals surface area contributed by atoms with Gasteiger partial charge in [-0.05, 0) is 59.6 Å². The van der Waals surface area contributed by atoms with E-state index in [2.05, 4.69) is 21.2 Å². The molecule has 0 saturated carbocycles. The zero-order valence-electron chi connectivity index (χ0n) is 12.4. The van der Waals surface area contributed by atoms with Gasteiger partial charge in [-0.15, -0.1) is 0 Å². The molecule has 0 bridgehead atoms. The van der Waals surface area contributed by atoms with Crippen LogP contribution in [0.1, 0.15) is 22.8 Å². The van der Waals surface area contributed by atoms with Crippen molar-refractivity contribution in [1.82, 2.24) is 0 Å². The summed E-state index contributed by atoms with van der Waals surface area (Å²) in [6, 6.07) is 12.4. The lowest BCUT2D eigenvalue weighted by Gasteiger charge is -2.10. The standard InChI is InChI=1S/C17H16BrNO3/c1-11-6-7-16(15(18)8-11)19-17(21)10-22-14-5-3-4-13(9-14)12(2)20/h3-9H,10H2,1-2H3,(H,19,21). The minimum atomic E-state index is -0.266. The molecule has 1 N–H and O–H groups in total. The largest absolute Gasteiger partial charge is 0.484 e. The van der Waals surface area contributed by atoms with Gasteiger partial charge in [-0.2, -0.15) is 0 Å². The topological polar surface area (TPSA) is 55.4 Å². The molecular formula is C17H16BrNO3. The van der Waals surface area contributed by atoms with Crippen molar-refractivity contribution < 1.29 is 14.3 Å². The maximum atomic E-state index is 11.9. The second-order valence-electron chi connectivity index (χ2n) is 4.90. The van der Waals surface area contributed by atoms with Crippen LogP contribution in [0.5, 0.6) is 5.75 Å². The molecule has 0 atom stereocenters. The monoisotopic (exact) mass is 361 g/mol. The molecule has 0 spiro atoms. The Morgan fingerprint density at radius 1 is 1.18 bits per heavy atom. The van der Waals surface area contributed by atoms with Gasteiger partial charge in [0.05, 0.1) is 5.69 Å². The lowest BCUT2D eigenvalue weighted by molar-refractivity contribution is -0.118. The number of halogens is 1. The number of ketones is 1. The molecule has 0 heterocycles. The predicted molar refractivity (Wildman–Crippen MR) is 89.5 cm³/mol. The number of hydrogen-bond acceptors (Lipinski definition) is 3.